The van der Waals surface area contributed by atoms with E-state index in [1.165, 1.54) is 77.1 Å². The van der Waals surface area contributed by atoms with Gasteiger partial charge in [-0.15, -0.1) is 0 Å². The largest absolute Gasteiger partial charge is 0.309 e. The summed E-state index contributed by atoms with van der Waals surface area (Å²) in [5.41, 5.74) is 19.9. The molecule has 3 heterocycles. The fourth-order valence-electron chi connectivity index (χ4n) is 10.2. The van der Waals surface area contributed by atoms with Gasteiger partial charge in [0.1, 0.15) is 0 Å². The zero-order valence-corrected chi connectivity index (χ0v) is 37.3. The second-order valence-corrected chi connectivity index (χ2v) is 17.5. The number of aryl methyl sites for hydroxylation is 4. The Morgan fingerprint density at radius 2 is 0.636 bits per heavy atom. The van der Waals surface area contributed by atoms with Crippen LogP contribution >= 0.6 is 0 Å². The Hall–Kier alpha value is -8.41. The minimum atomic E-state index is 0.634. The van der Waals surface area contributed by atoms with Crippen molar-refractivity contribution < 1.29 is 0 Å². The highest BCUT2D eigenvalue weighted by Gasteiger charge is 2.20. The highest BCUT2D eigenvalue weighted by Crippen LogP contribution is 2.41. The zero-order chi connectivity index (χ0) is 44.5. The average molecular weight is 848 g/mol. The molecule has 0 aliphatic rings. The van der Waals surface area contributed by atoms with Crippen molar-refractivity contribution in [3.8, 4) is 67.8 Å². The molecule has 9 aromatic carbocycles. The van der Waals surface area contributed by atoms with Gasteiger partial charge in [-0.25, -0.2) is 15.0 Å². The van der Waals surface area contributed by atoms with Crippen molar-refractivity contribution >= 4 is 43.6 Å². The summed E-state index contributed by atoms with van der Waals surface area (Å²) >= 11 is 0. The summed E-state index contributed by atoms with van der Waals surface area (Å²) in [4.78, 5) is 14.9. The molecule has 12 aromatic rings. The fourth-order valence-corrected chi connectivity index (χ4v) is 10.2. The van der Waals surface area contributed by atoms with E-state index >= 15 is 0 Å². The molecule has 0 spiro atoms. The van der Waals surface area contributed by atoms with E-state index in [2.05, 4.69) is 176 Å². The van der Waals surface area contributed by atoms with E-state index < -0.39 is 0 Å². The molecule has 5 heteroatoms. The van der Waals surface area contributed by atoms with Gasteiger partial charge in [0.15, 0.2) is 17.5 Å². The summed E-state index contributed by atoms with van der Waals surface area (Å²) in [6.45, 7) is 8.86. The van der Waals surface area contributed by atoms with Gasteiger partial charge in [0.2, 0.25) is 0 Å². The zero-order valence-electron chi connectivity index (χ0n) is 37.3. The number of hydrogen-bond donors (Lipinski definition) is 0. The van der Waals surface area contributed by atoms with Crippen LogP contribution in [0.5, 0.6) is 0 Å². The Morgan fingerprint density at radius 3 is 1.14 bits per heavy atom. The van der Waals surface area contributed by atoms with Gasteiger partial charge in [0, 0.05) is 49.6 Å². The summed E-state index contributed by atoms with van der Waals surface area (Å²) in [5.74, 6) is 1.93. The van der Waals surface area contributed by atoms with E-state index in [0.29, 0.717) is 17.5 Å². The van der Waals surface area contributed by atoms with Crippen LogP contribution in [-0.4, -0.2) is 24.1 Å². The van der Waals surface area contributed by atoms with Gasteiger partial charge in [-0.3, -0.25) is 0 Å². The third kappa shape index (κ3) is 6.50. The normalized spacial score (nSPS) is 11.6. The maximum atomic E-state index is 4.99. The Labute approximate surface area is 384 Å². The van der Waals surface area contributed by atoms with Crippen molar-refractivity contribution in [2.24, 2.45) is 0 Å². The molecule has 0 saturated carbocycles. The van der Waals surface area contributed by atoms with Gasteiger partial charge in [-0.05, 0) is 145 Å². The molecular weight excluding hydrogens is 803 g/mol. The second-order valence-electron chi connectivity index (χ2n) is 17.5. The molecule has 5 nitrogen and oxygen atoms in total. The average Bonchev–Trinajstić information content (AvgIpc) is 3.86. The highest BCUT2D eigenvalue weighted by molar-refractivity contribution is 6.13. The van der Waals surface area contributed by atoms with E-state index in [1.807, 2.05) is 60.7 Å². The van der Waals surface area contributed by atoms with Gasteiger partial charge >= 0.3 is 0 Å². The Kier molecular flexibility index (Phi) is 9.32. The summed E-state index contributed by atoms with van der Waals surface area (Å²) in [6, 6.07) is 71.7. The lowest BCUT2D eigenvalue weighted by molar-refractivity contribution is 1.07. The molecule has 66 heavy (non-hydrogen) atoms. The topological polar surface area (TPSA) is 48.5 Å². The smallest absolute Gasteiger partial charge is 0.164 e. The van der Waals surface area contributed by atoms with E-state index in [4.69, 9.17) is 15.0 Å². The molecule has 0 saturated heterocycles. The third-order valence-electron chi connectivity index (χ3n) is 13.3. The molecule has 314 valence electrons. The van der Waals surface area contributed by atoms with Crippen LogP contribution in [0.3, 0.4) is 0 Å². The molecule has 3 aromatic heterocycles. The van der Waals surface area contributed by atoms with Crippen molar-refractivity contribution in [3.63, 3.8) is 0 Å². The van der Waals surface area contributed by atoms with Crippen LogP contribution in [0.4, 0.5) is 0 Å². The first-order valence-electron chi connectivity index (χ1n) is 22.6. The Balaban J connectivity index is 1.01. The van der Waals surface area contributed by atoms with Crippen molar-refractivity contribution in [2.75, 3.05) is 0 Å². The predicted octanol–water partition coefficient (Wildman–Crippen LogP) is 15.6. The molecule has 0 unspecified atom stereocenters. The van der Waals surface area contributed by atoms with Crippen LogP contribution in [0, 0.1) is 27.7 Å². The van der Waals surface area contributed by atoms with Gasteiger partial charge < -0.3 is 9.13 Å². The van der Waals surface area contributed by atoms with E-state index in [0.717, 1.165) is 39.1 Å². The number of fused-ring (bicyclic) bond motifs is 6. The second kappa shape index (κ2) is 15.7. The molecular formula is C61H45N5. The number of rotatable bonds is 7. The molecule has 0 aliphatic heterocycles. The van der Waals surface area contributed by atoms with Gasteiger partial charge in [-0.2, -0.15) is 0 Å². The number of para-hydroxylation sites is 1. The lowest BCUT2D eigenvalue weighted by Gasteiger charge is -2.13. The Morgan fingerprint density at radius 1 is 0.273 bits per heavy atom. The maximum Gasteiger partial charge on any atom is 0.164 e. The molecule has 0 bridgehead atoms. The number of nitrogens with zero attached hydrogens (tertiary/aromatic N) is 5. The fraction of sp³-hybridized carbons (Fsp3) is 0.0656. The van der Waals surface area contributed by atoms with Crippen molar-refractivity contribution in [3.05, 3.63) is 222 Å². The minimum absolute atomic E-state index is 0.634. The van der Waals surface area contributed by atoms with Crippen LogP contribution in [0.2, 0.25) is 0 Å². The van der Waals surface area contributed by atoms with Crippen LogP contribution in [0.15, 0.2) is 200 Å². The molecule has 0 radical (unpaired) electrons. The van der Waals surface area contributed by atoms with E-state index in [9.17, 15) is 0 Å². The van der Waals surface area contributed by atoms with Crippen LogP contribution in [-0.2, 0) is 0 Å². The standard InChI is InChI=1S/C61H45N5/c1-38-15-13-16-39(2)57(38)45-27-32-54-50(35-45)51-36-46(58-40(3)17-14-18-41(58)4)28-33-55(51)66(54)48-31-34-56-52(37-48)49-23-11-12-24-53(49)65(56)47-29-25-44(26-30-47)61-63-59(42-19-7-5-8-20-42)62-60(64-61)43-21-9-6-10-22-43/h5-37H,1-4H3. The minimum Gasteiger partial charge on any atom is -0.309 e. The number of aromatic nitrogens is 5. The predicted molar refractivity (Wildman–Crippen MR) is 275 cm³/mol. The quantitative estimate of drug-likeness (QED) is 0.161. The molecule has 0 fully saturated rings. The van der Waals surface area contributed by atoms with Crippen LogP contribution < -0.4 is 0 Å². The Bertz CT molecular complexity index is 3630. The van der Waals surface area contributed by atoms with Crippen molar-refractivity contribution in [1.82, 2.24) is 24.1 Å². The van der Waals surface area contributed by atoms with E-state index in [1.54, 1.807) is 0 Å². The highest BCUT2D eigenvalue weighted by atomic mass is 15.0. The van der Waals surface area contributed by atoms with E-state index in [-0.39, 0.29) is 0 Å². The first-order valence-corrected chi connectivity index (χ1v) is 22.6. The molecule has 0 aliphatic carbocycles. The van der Waals surface area contributed by atoms with Crippen molar-refractivity contribution in [2.45, 2.75) is 27.7 Å². The molecule has 0 amide bonds. The van der Waals surface area contributed by atoms with Crippen LogP contribution in [0.25, 0.3) is 111 Å². The number of hydrogen-bond acceptors (Lipinski definition) is 3. The summed E-state index contributed by atoms with van der Waals surface area (Å²) in [5, 5.41) is 4.88. The summed E-state index contributed by atoms with van der Waals surface area (Å²) < 4.78 is 4.83. The molecule has 12 rings (SSSR count). The maximum absolute atomic E-state index is 4.99. The first kappa shape index (κ1) is 39.2. The molecule has 0 N–H and O–H groups in total. The summed E-state index contributed by atoms with van der Waals surface area (Å²) in [7, 11) is 0. The van der Waals surface area contributed by atoms with Crippen molar-refractivity contribution in [1.29, 1.82) is 0 Å². The lowest BCUT2D eigenvalue weighted by Crippen LogP contribution is -2.00. The van der Waals surface area contributed by atoms with Gasteiger partial charge in [0.05, 0.1) is 22.1 Å². The van der Waals surface area contributed by atoms with Crippen LogP contribution in [0.1, 0.15) is 22.3 Å². The third-order valence-corrected chi connectivity index (χ3v) is 13.3. The lowest BCUT2D eigenvalue weighted by atomic mass is 9.93. The SMILES string of the molecule is Cc1cccc(C)c1-c1ccc2c(c1)c1cc(-c3c(C)cccc3C)ccc1n2-c1ccc2c(c1)c1ccccc1n2-c1ccc(-c2nc(-c3ccccc3)nc(-c3ccccc3)n2)cc1. The number of benzene rings is 9. The van der Waals surface area contributed by atoms with Gasteiger partial charge in [0.25, 0.3) is 0 Å². The summed E-state index contributed by atoms with van der Waals surface area (Å²) in [6.07, 6.45) is 0. The van der Waals surface area contributed by atoms with Gasteiger partial charge in [-0.1, -0.05) is 127 Å². The molecule has 0 atom stereocenters. The first-order chi connectivity index (χ1) is 32.4. The monoisotopic (exact) mass is 847 g/mol.